The van der Waals surface area contributed by atoms with Gasteiger partial charge in [0.1, 0.15) is 0 Å². The zero-order valence-electron chi connectivity index (χ0n) is 13.9. The van der Waals surface area contributed by atoms with Gasteiger partial charge in [-0.05, 0) is 26.2 Å². The zero-order chi connectivity index (χ0) is 15.5. The molecule has 1 heterocycles. The Labute approximate surface area is 128 Å². The number of likely N-dealkylation sites (N-methyl/N-ethyl adjacent to an activating group) is 1. The van der Waals surface area contributed by atoms with Crippen LogP contribution in [-0.4, -0.2) is 62.3 Å². The molecule has 0 spiro atoms. The lowest BCUT2D eigenvalue weighted by Crippen LogP contribution is -2.63. The van der Waals surface area contributed by atoms with Crippen LogP contribution in [0.5, 0.6) is 0 Å². The maximum absolute atomic E-state index is 11.4. The molecule has 2 unspecified atom stereocenters. The Morgan fingerprint density at radius 2 is 2.00 bits per heavy atom. The van der Waals surface area contributed by atoms with Crippen molar-refractivity contribution in [2.75, 3.05) is 33.3 Å². The summed E-state index contributed by atoms with van der Waals surface area (Å²) in [7, 11) is 1.70. The quantitative estimate of drug-likeness (QED) is 0.768. The van der Waals surface area contributed by atoms with Crippen molar-refractivity contribution < 1.29 is 9.53 Å². The molecule has 1 amide bonds. The van der Waals surface area contributed by atoms with E-state index in [9.17, 15) is 4.79 Å². The lowest BCUT2D eigenvalue weighted by Gasteiger charge is -2.53. The van der Waals surface area contributed by atoms with Crippen LogP contribution >= 0.6 is 0 Å². The summed E-state index contributed by atoms with van der Waals surface area (Å²) in [6.45, 7) is 10.0. The lowest BCUT2D eigenvalue weighted by atomic mass is 9.64. The van der Waals surface area contributed by atoms with Crippen LogP contribution in [0.15, 0.2) is 0 Å². The van der Waals surface area contributed by atoms with Crippen LogP contribution in [0.1, 0.15) is 40.0 Å². The van der Waals surface area contributed by atoms with Gasteiger partial charge >= 0.3 is 0 Å². The third-order valence-corrected chi connectivity index (χ3v) is 5.22. The van der Waals surface area contributed by atoms with Gasteiger partial charge < -0.3 is 15.4 Å². The van der Waals surface area contributed by atoms with Gasteiger partial charge in [-0.15, -0.1) is 0 Å². The lowest BCUT2D eigenvalue weighted by molar-refractivity contribution is -0.122. The predicted octanol–water partition coefficient (Wildman–Crippen LogP) is 0.990. The third kappa shape index (κ3) is 3.96. The minimum absolute atomic E-state index is 0.112. The van der Waals surface area contributed by atoms with Gasteiger partial charge in [-0.3, -0.25) is 9.69 Å². The van der Waals surface area contributed by atoms with Crippen LogP contribution < -0.4 is 10.6 Å². The molecule has 2 aliphatic rings. The first-order valence-corrected chi connectivity index (χ1v) is 8.28. The number of carbonyl (C=O) groups excluding carboxylic acids is 1. The molecule has 1 saturated carbocycles. The van der Waals surface area contributed by atoms with E-state index in [4.69, 9.17) is 4.74 Å². The Balaban J connectivity index is 1.71. The molecule has 0 aromatic rings. The van der Waals surface area contributed by atoms with E-state index in [0.29, 0.717) is 24.7 Å². The molecule has 2 N–H and O–H groups in total. The van der Waals surface area contributed by atoms with Gasteiger partial charge in [-0.1, -0.05) is 13.8 Å². The number of hydrogen-bond acceptors (Lipinski definition) is 4. The van der Waals surface area contributed by atoms with E-state index in [-0.39, 0.29) is 11.3 Å². The van der Waals surface area contributed by atoms with Crippen LogP contribution in [0.25, 0.3) is 0 Å². The fourth-order valence-electron chi connectivity index (χ4n) is 3.48. The number of hydrogen-bond donors (Lipinski definition) is 2. The molecular formula is C16H31N3O2. The van der Waals surface area contributed by atoms with Crippen LogP contribution in [0.2, 0.25) is 0 Å². The van der Waals surface area contributed by atoms with Crippen molar-refractivity contribution in [1.82, 2.24) is 15.5 Å². The van der Waals surface area contributed by atoms with Gasteiger partial charge in [-0.25, -0.2) is 0 Å². The summed E-state index contributed by atoms with van der Waals surface area (Å²) < 4.78 is 5.79. The van der Waals surface area contributed by atoms with Crippen molar-refractivity contribution in [3.05, 3.63) is 0 Å². The summed E-state index contributed by atoms with van der Waals surface area (Å²) in [5, 5.41) is 6.51. The van der Waals surface area contributed by atoms with Crippen LogP contribution in [0, 0.1) is 5.41 Å². The maximum Gasteiger partial charge on any atom is 0.233 e. The Morgan fingerprint density at radius 3 is 2.52 bits per heavy atom. The monoisotopic (exact) mass is 297 g/mol. The second kappa shape index (κ2) is 7.07. The highest BCUT2D eigenvalue weighted by Gasteiger charge is 2.49. The van der Waals surface area contributed by atoms with Crippen molar-refractivity contribution in [3.8, 4) is 0 Å². The van der Waals surface area contributed by atoms with Gasteiger partial charge in [-0.2, -0.15) is 0 Å². The van der Waals surface area contributed by atoms with Gasteiger partial charge in [0.05, 0.1) is 12.6 Å². The van der Waals surface area contributed by atoms with E-state index < -0.39 is 0 Å². The standard InChI is InChI=1S/C16H31N3O2/c1-5-21-14-10-13(16(14,2)3)18-12-6-8-19(9-7-12)11-15(20)17-4/h12-14,18H,5-11H2,1-4H3,(H,17,20). The summed E-state index contributed by atoms with van der Waals surface area (Å²) >= 11 is 0. The van der Waals surface area contributed by atoms with Crippen molar-refractivity contribution in [2.24, 2.45) is 5.41 Å². The summed E-state index contributed by atoms with van der Waals surface area (Å²) in [4.78, 5) is 13.6. The van der Waals surface area contributed by atoms with Gasteiger partial charge in [0, 0.05) is 44.2 Å². The summed E-state index contributed by atoms with van der Waals surface area (Å²) in [5.41, 5.74) is 0.231. The summed E-state index contributed by atoms with van der Waals surface area (Å²) in [6, 6.07) is 1.14. The van der Waals surface area contributed by atoms with Crippen LogP contribution in [0.3, 0.4) is 0 Å². The molecule has 5 heteroatoms. The largest absolute Gasteiger partial charge is 0.378 e. The van der Waals surface area contributed by atoms with Crippen LogP contribution in [0.4, 0.5) is 0 Å². The first kappa shape index (κ1) is 16.7. The van der Waals surface area contributed by atoms with E-state index in [1.165, 1.54) is 0 Å². The molecule has 0 aromatic carbocycles. The van der Waals surface area contributed by atoms with Gasteiger partial charge in [0.2, 0.25) is 5.91 Å². The molecular weight excluding hydrogens is 266 g/mol. The smallest absolute Gasteiger partial charge is 0.233 e. The van der Waals surface area contributed by atoms with Crippen molar-refractivity contribution in [2.45, 2.75) is 58.2 Å². The molecule has 0 radical (unpaired) electrons. The van der Waals surface area contributed by atoms with Crippen molar-refractivity contribution in [3.63, 3.8) is 0 Å². The molecule has 5 nitrogen and oxygen atoms in total. The Hall–Kier alpha value is -0.650. The third-order valence-electron chi connectivity index (χ3n) is 5.22. The normalized spacial score (nSPS) is 29.9. The highest BCUT2D eigenvalue weighted by Crippen LogP contribution is 2.43. The molecule has 1 aliphatic heterocycles. The average Bonchev–Trinajstić information content (AvgIpc) is 2.48. The molecule has 21 heavy (non-hydrogen) atoms. The number of nitrogens with zero attached hydrogens (tertiary/aromatic N) is 1. The van der Waals surface area contributed by atoms with E-state index >= 15 is 0 Å². The SMILES string of the molecule is CCOC1CC(NC2CCN(CC(=O)NC)CC2)C1(C)C. The molecule has 1 saturated heterocycles. The number of nitrogens with one attached hydrogen (secondary N) is 2. The number of ether oxygens (including phenoxy) is 1. The average molecular weight is 297 g/mol. The van der Waals surface area contributed by atoms with E-state index in [1.54, 1.807) is 7.05 Å². The van der Waals surface area contributed by atoms with Crippen molar-refractivity contribution >= 4 is 5.91 Å². The molecule has 0 aromatic heterocycles. The molecule has 0 bridgehead atoms. The molecule has 2 rings (SSSR count). The highest BCUT2D eigenvalue weighted by atomic mass is 16.5. The van der Waals surface area contributed by atoms with Gasteiger partial charge in [0.15, 0.2) is 0 Å². The Morgan fingerprint density at radius 1 is 1.33 bits per heavy atom. The van der Waals surface area contributed by atoms with E-state index in [2.05, 4.69) is 36.3 Å². The topological polar surface area (TPSA) is 53.6 Å². The highest BCUT2D eigenvalue weighted by molar-refractivity contribution is 5.77. The van der Waals surface area contributed by atoms with E-state index in [1.807, 2.05) is 0 Å². The summed E-state index contributed by atoms with van der Waals surface area (Å²) in [5.74, 6) is 0.112. The van der Waals surface area contributed by atoms with Crippen molar-refractivity contribution in [1.29, 1.82) is 0 Å². The number of carbonyl (C=O) groups is 1. The Bertz CT molecular complexity index is 351. The minimum Gasteiger partial charge on any atom is -0.378 e. The fourth-order valence-corrected chi connectivity index (χ4v) is 3.48. The second-order valence-electron chi connectivity index (χ2n) is 6.94. The molecule has 2 atom stereocenters. The van der Waals surface area contributed by atoms with E-state index in [0.717, 1.165) is 39.0 Å². The zero-order valence-corrected chi connectivity index (χ0v) is 13.9. The first-order chi connectivity index (χ1) is 9.97. The molecule has 2 fully saturated rings. The molecule has 122 valence electrons. The Kier molecular flexibility index (Phi) is 5.63. The minimum atomic E-state index is 0.112. The van der Waals surface area contributed by atoms with Gasteiger partial charge in [0.25, 0.3) is 0 Å². The first-order valence-electron chi connectivity index (χ1n) is 8.28. The second-order valence-corrected chi connectivity index (χ2v) is 6.94. The van der Waals surface area contributed by atoms with Crippen LogP contribution in [-0.2, 0) is 9.53 Å². The summed E-state index contributed by atoms with van der Waals surface area (Å²) in [6.07, 6.45) is 3.78. The maximum atomic E-state index is 11.4. The number of rotatable bonds is 6. The number of amides is 1. The predicted molar refractivity (Wildman–Crippen MR) is 84.3 cm³/mol. The number of likely N-dealkylation sites (tertiary alicyclic amines) is 1. The molecule has 1 aliphatic carbocycles. The number of piperidine rings is 1. The fraction of sp³-hybridized carbons (Fsp3) is 0.938.